The number of halogens is 3. The highest BCUT2D eigenvalue weighted by Crippen LogP contribution is 2.43. The molecule has 0 N–H and O–H groups in total. The van der Waals surface area contributed by atoms with E-state index in [0.717, 1.165) is 11.6 Å². The zero-order chi connectivity index (χ0) is 18.7. The van der Waals surface area contributed by atoms with Crippen molar-refractivity contribution in [3.8, 4) is 5.75 Å². The molecule has 0 aliphatic carbocycles. The molecule has 0 spiro atoms. The van der Waals surface area contributed by atoms with Crippen LogP contribution in [0.3, 0.4) is 0 Å². The van der Waals surface area contributed by atoms with Crippen LogP contribution in [-0.4, -0.2) is 30.2 Å². The van der Waals surface area contributed by atoms with Crippen LogP contribution in [0.1, 0.15) is 22.1 Å². The number of hydrogen-bond donors (Lipinski definition) is 0. The molecule has 138 valence electrons. The maximum Gasteiger partial charge on any atom is 0.416 e. The molecule has 1 saturated heterocycles. The molecule has 0 aromatic heterocycles. The highest BCUT2D eigenvalue weighted by atomic mass is 32.2. The molecule has 1 heterocycles. The zero-order valence-electron chi connectivity index (χ0n) is 14.1. The number of amides is 1. The van der Waals surface area contributed by atoms with Crippen LogP contribution in [0.4, 0.5) is 13.2 Å². The molecular formula is C19H18F3NO2S. The van der Waals surface area contributed by atoms with Gasteiger partial charge in [-0.15, -0.1) is 11.8 Å². The third kappa shape index (κ3) is 3.98. The van der Waals surface area contributed by atoms with Gasteiger partial charge in [-0.05, 0) is 29.3 Å². The monoisotopic (exact) mass is 381 g/mol. The number of carbonyl (C=O) groups excluding carboxylic acids is 1. The number of carbonyl (C=O) groups is 1. The summed E-state index contributed by atoms with van der Waals surface area (Å²) in [7, 11) is 1.56. The van der Waals surface area contributed by atoms with Gasteiger partial charge in [0, 0.05) is 12.3 Å². The Balaban J connectivity index is 1.81. The molecule has 2 aromatic rings. The topological polar surface area (TPSA) is 29.5 Å². The summed E-state index contributed by atoms with van der Waals surface area (Å²) in [6.07, 6.45) is -4.29. The first-order valence-electron chi connectivity index (χ1n) is 8.10. The third-order valence-electron chi connectivity index (χ3n) is 4.26. The highest BCUT2D eigenvalue weighted by Gasteiger charge is 2.39. The summed E-state index contributed by atoms with van der Waals surface area (Å²) in [5, 5.41) is -0.612. The Labute approximate surface area is 154 Å². The first-order valence-corrected chi connectivity index (χ1v) is 9.15. The van der Waals surface area contributed by atoms with Crippen molar-refractivity contribution in [3.63, 3.8) is 0 Å². The number of nitrogens with zero attached hydrogens (tertiary/aromatic N) is 1. The molecule has 1 atom stereocenters. The number of thioether (sulfide) groups is 1. The Bertz CT molecular complexity index is 777. The van der Waals surface area contributed by atoms with E-state index in [1.54, 1.807) is 42.3 Å². The van der Waals surface area contributed by atoms with E-state index in [1.165, 1.54) is 23.9 Å². The first-order chi connectivity index (χ1) is 12.4. The molecule has 1 unspecified atom stereocenters. The van der Waals surface area contributed by atoms with E-state index in [4.69, 9.17) is 4.74 Å². The van der Waals surface area contributed by atoms with E-state index < -0.39 is 17.1 Å². The van der Waals surface area contributed by atoms with Gasteiger partial charge in [0.1, 0.15) is 11.1 Å². The normalized spacial score (nSPS) is 17.4. The minimum atomic E-state index is -4.44. The van der Waals surface area contributed by atoms with Crippen LogP contribution < -0.4 is 4.74 Å². The Morgan fingerprint density at radius 2 is 1.88 bits per heavy atom. The van der Waals surface area contributed by atoms with Gasteiger partial charge in [0.15, 0.2) is 0 Å². The van der Waals surface area contributed by atoms with Crippen LogP contribution in [0.5, 0.6) is 5.75 Å². The van der Waals surface area contributed by atoms with Gasteiger partial charge < -0.3 is 9.64 Å². The summed E-state index contributed by atoms with van der Waals surface area (Å²) < 4.78 is 45.1. The Hall–Kier alpha value is -2.15. The molecule has 0 saturated carbocycles. The molecule has 1 amide bonds. The second kappa shape index (κ2) is 7.61. The van der Waals surface area contributed by atoms with Crippen molar-refractivity contribution in [1.29, 1.82) is 0 Å². The summed E-state index contributed by atoms with van der Waals surface area (Å²) in [5.74, 6) is 1.13. The molecule has 26 heavy (non-hydrogen) atoms. The van der Waals surface area contributed by atoms with Gasteiger partial charge in [0.2, 0.25) is 5.91 Å². The summed E-state index contributed by atoms with van der Waals surface area (Å²) in [5.41, 5.74) is 0.266. The van der Waals surface area contributed by atoms with Gasteiger partial charge >= 0.3 is 6.18 Å². The Morgan fingerprint density at radius 1 is 1.19 bits per heavy atom. The van der Waals surface area contributed by atoms with E-state index in [9.17, 15) is 18.0 Å². The van der Waals surface area contributed by atoms with Crippen LogP contribution in [-0.2, 0) is 17.4 Å². The molecular weight excluding hydrogens is 363 g/mol. The van der Waals surface area contributed by atoms with Crippen LogP contribution in [0.2, 0.25) is 0 Å². The van der Waals surface area contributed by atoms with Crippen molar-refractivity contribution in [3.05, 3.63) is 65.2 Å². The van der Waals surface area contributed by atoms with Crippen LogP contribution in [0, 0.1) is 0 Å². The fourth-order valence-electron chi connectivity index (χ4n) is 2.97. The fraction of sp³-hybridized carbons (Fsp3) is 0.316. The quantitative estimate of drug-likeness (QED) is 0.779. The summed E-state index contributed by atoms with van der Waals surface area (Å²) in [6.45, 7) is 0.441. The van der Waals surface area contributed by atoms with Gasteiger partial charge in [0.05, 0.1) is 19.1 Å². The average Bonchev–Trinajstić information content (AvgIpc) is 3.11. The molecule has 1 fully saturated rings. The number of hydrogen-bond acceptors (Lipinski definition) is 3. The SMILES string of the molecule is COc1ccc(CC(=O)N2CCSC2c2ccccc2C(F)(F)F)cc1. The average molecular weight is 381 g/mol. The number of rotatable bonds is 4. The van der Waals surface area contributed by atoms with Crippen LogP contribution in [0.15, 0.2) is 48.5 Å². The standard InChI is InChI=1S/C19H18F3NO2S/c1-25-14-8-6-13(7-9-14)12-17(24)23-10-11-26-18(23)15-4-2-3-5-16(15)19(20,21)22/h2-9,18H,10-12H2,1H3. The van der Waals surface area contributed by atoms with Gasteiger partial charge in [0.25, 0.3) is 0 Å². The number of benzene rings is 2. The van der Waals surface area contributed by atoms with Crippen LogP contribution in [0.25, 0.3) is 0 Å². The van der Waals surface area contributed by atoms with Gasteiger partial charge in [-0.3, -0.25) is 4.79 Å². The Kier molecular flexibility index (Phi) is 5.46. The lowest BCUT2D eigenvalue weighted by Gasteiger charge is -2.26. The highest BCUT2D eigenvalue weighted by molar-refractivity contribution is 7.99. The van der Waals surface area contributed by atoms with Gasteiger partial charge in [-0.1, -0.05) is 30.3 Å². The lowest BCUT2D eigenvalue weighted by atomic mass is 10.1. The van der Waals surface area contributed by atoms with Crippen LogP contribution >= 0.6 is 11.8 Å². The van der Waals surface area contributed by atoms with Crippen molar-refractivity contribution in [2.75, 3.05) is 19.4 Å². The van der Waals surface area contributed by atoms with E-state index in [0.29, 0.717) is 18.0 Å². The van der Waals surface area contributed by atoms with E-state index >= 15 is 0 Å². The minimum absolute atomic E-state index is 0.144. The second-order valence-corrected chi connectivity index (χ2v) is 7.11. The molecule has 2 aromatic carbocycles. The smallest absolute Gasteiger partial charge is 0.416 e. The van der Waals surface area contributed by atoms with E-state index in [-0.39, 0.29) is 17.9 Å². The summed E-state index contributed by atoms with van der Waals surface area (Å²) in [4.78, 5) is 14.3. The van der Waals surface area contributed by atoms with Gasteiger partial charge in [-0.2, -0.15) is 13.2 Å². The largest absolute Gasteiger partial charge is 0.497 e. The van der Waals surface area contributed by atoms with Gasteiger partial charge in [-0.25, -0.2) is 0 Å². The maximum atomic E-state index is 13.3. The molecule has 3 nitrogen and oxygen atoms in total. The lowest BCUT2D eigenvalue weighted by Crippen LogP contribution is -2.32. The predicted octanol–water partition coefficient (Wildman–Crippen LogP) is 4.53. The molecule has 0 radical (unpaired) electrons. The molecule has 3 rings (SSSR count). The molecule has 1 aliphatic heterocycles. The summed E-state index contributed by atoms with van der Waals surface area (Å²) >= 11 is 1.36. The van der Waals surface area contributed by atoms with Crippen molar-refractivity contribution in [2.24, 2.45) is 0 Å². The number of ether oxygens (including phenoxy) is 1. The molecule has 7 heteroatoms. The number of methoxy groups -OCH3 is 1. The van der Waals surface area contributed by atoms with E-state index in [1.807, 2.05) is 0 Å². The van der Waals surface area contributed by atoms with Crippen molar-refractivity contribution >= 4 is 17.7 Å². The third-order valence-corrected chi connectivity index (χ3v) is 5.50. The molecule has 0 bridgehead atoms. The van der Waals surface area contributed by atoms with Crippen molar-refractivity contribution in [2.45, 2.75) is 18.0 Å². The fourth-order valence-corrected chi connectivity index (χ4v) is 4.29. The first kappa shape index (κ1) is 18.6. The van der Waals surface area contributed by atoms with Crippen molar-refractivity contribution < 1.29 is 22.7 Å². The summed E-state index contributed by atoms with van der Waals surface area (Å²) in [6, 6.07) is 12.6. The lowest BCUT2D eigenvalue weighted by molar-refractivity contribution is -0.139. The predicted molar refractivity (Wildman–Crippen MR) is 95.1 cm³/mol. The van der Waals surface area contributed by atoms with E-state index in [2.05, 4.69) is 0 Å². The zero-order valence-corrected chi connectivity index (χ0v) is 14.9. The Morgan fingerprint density at radius 3 is 2.54 bits per heavy atom. The van der Waals surface area contributed by atoms with Crippen molar-refractivity contribution in [1.82, 2.24) is 4.90 Å². The minimum Gasteiger partial charge on any atom is -0.497 e. The number of alkyl halides is 3. The second-order valence-electron chi connectivity index (χ2n) is 5.92. The maximum absolute atomic E-state index is 13.3. The molecule has 1 aliphatic rings.